The molecule has 0 saturated carbocycles. The van der Waals surface area contributed by atoms with Gasteiger partial charge in [0.2, 0.25) is 5.82 Å². The van der Waals surface area contributed by atoms with E-state index in [0.717, 1.165) is 11.1 Å². The van der Waals surface area contributed by atoms with E-state index < -0.39 is 5.97 Å². The van der Waals surface area contributed by atoms with Crippen LogP contribution in [0.25, 0.3) is 11.4 Å². The lowest BCUT2D eigenvalue weighted by atomic mass is 10.2. The molecule has 3 aromatic rings. The molecule has 6 nitrogen and oxygen atoms in total. The zero-order valence-electron chi connectivity index (χ0n) is 12.1. The van der Waals surface area contributed by atoms with Crippen LogP contribution in [0.3, 0.4) is 0 Å². The van der Waals surface area contributed by atoms with Gasteiger partial charge in [0.05, 0.1) is 0 Å². The number of carbonyl (C=O) groups excluding carboxylic acids is 1. The minimum Gasteiger partial charge on any atom is -0.459 e. The monoisotopic (exact) mass is 328 g/mol. The molecule has 0 unspecified atom stereocenters. The summed E-state index contributed by atoms with van der Waals surface area (Å²) in [6, 6.07) is 16.5. The van der Waals surface area contributed by atoms with Crippen molar-refractivity contribution in [2.45, 2.75) is 13.2 Å². The van der Waals surface area contributed by atoms with E-state index in [4.69, 9.17) is 16.3 Å². The number of carbonyl (C=O) groups is 1. The van der Waals surface area contributed by atoms with E-state index in [2.05, 4.69) is 15.4 Å². The Hall–Kier alpha value is -2.73. The van der Waals surface area contributed by atoms with Crippen molar-refractivity contribution in [2.24, 2.45) is 0 Å². The molecule has 0 aliphatic heterocycles. The van der Waals surface area contributed by atoms with Gasteiger partial charge in [-0.05, 0) is 22.9 Å². The largest absolute Gasteiger partial charge is 0.459 e. The maximum atomic E-state index is 11.8. The van der Waals surface area contributed by atoms with Crippen LogP contribution < -0.4 is 0 Å². The lowest BCUT2D eigenvalue weighted by molar-refractivity contribution is -0.146. The average Bonchev–Trinajstić information content (AvgIpc) is 3.04. The first-order chi connectivity index (χ1) is 11.2. The Bertz CT molecular complexity index is 787. The van der Waals surface area contributed by atoms with E-state index in [1.165, 1.54) is 4.80 Å². The molecule has 3 rings (SSSR count). The van der Waals surface area contributed by atoms with E-state index in [1.807, 2.05) is 30.3 Å². The van der Waals surface area contributed by atoms with Crippen LogP contribution in [0.2, 0.25) is 5.02 Å². The molecule has 0 aliphatic rings. The highest BCUT2D eigenvalue weighted by atomic mass is 35.5. The fraction of sp³-hybridized carbons (Fsp3) is 0.125. The Balaban J connectivity index is 1.56. The highest BCUT2D eigenvalue weighted by Crippen LogP contribution is 2.12. The Morgan fingerprint density at radius 3 is 2.57 bits per heavy atom. The van der Waals surface area contributed by atoms with Crippen LogP contribution >= 0.6 is 11.6 Å². The number of halogens is 1. The summed E-state index contributed by atoms with van der Waals surface area (Å²) in [6.45, 7) is 0.0870. The molecule has 1 heterocycles. The highest BCUT2D eigenvalue weighted by Gasteiger charge is 2.10. The van der Waals surface area contributed by atoms with Crippen molar-refractivity contribution < 1.29 is 9.53 Å². The van der Waals surface area contributed by atoms with Crippen LogP contribution in [0, 0.1) is 0 Å². The molecule has 0 atom stereocenters. The van der Waals surface area contributed by atoms with Crippen molar-refractivity contribution in [1.29, 1.82) is 0 Å². The summed E-state index contributed by atoms with van der Waals surface area (Å²) >= 11 is 5.80. The zero-order chi connectivity index (χ0) is 16.1. The fourth-order valence-electron chi connectivity index (χ4n) is 1.92. The quantitative estimate of drug-likeness (QED) is 0.673. The van der Waals surface area contributed by atoms with Crippen LogP contribution in [0.1, 0.15) is 5.56 Å². The summed E-state index contributed by atoms with van der Waals surface area (Å²) in [5.74, 6) is 0.0352. The van der Waals surface area contributed by atoms with E-state index in [-0.39, 0.29) is 13.2 Å². The molecular weight excluding hydrogens is 316 g/mol. The first-order valence-corrected chi connectivity index (χ1v) is 7.32. The standard InChI is InChI=1S/C16H13ClN4O2/c17-14-8-6-12(7-9-14)11-23-15(22)10-21-19-16(18-20-21)13-4-2-1-3-5-13/h1-9H,10-11H2. The minimum atomic E-state index is -0.433. The lowest BCUT2D eigenvalue weighted by Gasteiger charge is -2.04. The molecule has 0 bridgehead atoms. The van der Waals surface area contributed by atoms with Gasteiger partial charge >= 0.3 is 5.97 Å². The van der Waals surface area contributed by atoms with Crippen LogP contribution in [0.5, 0.6) is 0 Å². The van der Waals surface area contributed by atoms with Crippen molar-refractivity contribution >= 4 is 17.6 Å². The first kappa shape index (κ1) is 15.2. The van der Waals surface area contributed by atoms with Gasteiger partial charge in [0, 0.05) is 10.6 Å². The average molecular weight is 329 g/mol. The second-order valence-corrected chi connectivity index (χ2v) is 5.23. The fourth-order valence-corrected chi connectivity index (χ4v) is 2.04. The molecule has 0 radical (unpaired) electrons. The van der Waals surface area contributed by atoms with Crippen LogP contribution in [-0.2, 0) is 22.7 Å². The summed E-state index contributed by atoms with van der Waals surface area (Å²) in [6.07, 6.45) is 0. The van der Waals surface area contributed by atoms with E-state index in [1.54, 1.807) is 24.3 Å². The van der Waals surface area contributed by atoms with Crippen molar-refractivity contribution in [1.82, 2.24) is 20.2 Å². The summed E-state index contributed by atoms with van der Waals surface area (Å²) < 4.78 is 5.18. The number of hydrogen-bond acceptors (Lipinski definition) is 5. The van der Waals surface area contributed by atoms with Gasteiger partial charge in [-0.25, -0.2) is 4.79 Å². The van der Waals surface area contributed by atoms with Crippen molar-refractivity contribution in [2.75, 3.05) is 0 Å². The van der Waals surface area contributed by atoms with Crippen LogP contribution in [0.4, 0.5) is 0 Å². The molecule has 0 N–H and O–H groups in total. The molecule has 0 aliphatic carbocycles. The van der Waals surface area contributed by atoms with E-state index in [9.17, 15) is 4.79 Å². The Kier molecular flexibility index (Phi) is 4.63. The first-order valence-electron chi connectivity index (χ1n) is 6.94. The number of hydrogen-bond donors (Lipinski definition) is 0. The SMILES string of the molecule is O=C(Cn1nnc(-c2ccccc2)n1)OCc1ccc(Cl)cc1. The van der Waals surface area contributed by atoms with Gasteiger partial charge in [0.15, 0.2) is 6.54 Å². The number of benzene rings is 2. The third-order valence-electron chi connectivity index (χ3n) is 3.07. The number of aromatic nitrogens is 4. The number of esters is 1. The molecule has 0 amide bonds. The molecule has 116 valence electrons. The molecule has 0 spiro atoms. The molecule has 1 aromatic heterocycles. The van der Waals surface area contributed by atoms with Gasteiger partial charge in [-0.1, -0.05) is 54.1 Å². The third-order valence-corrected chi connectivity index (χ3v) is 3.32. The van der Waals surface area contributed by atoms with E-state index >= 15 is 0 Å². The van der Waals surface area contributed by atoms with Gasteiger partial charge in [0.1, 0.15) is 6.61 Å². The highest BCUT2D eigenvalue weighted by molar-refractivity contribution is 6.30. The van der Waals surface area contributed by atoms with Gasteiger partial charge in [-0.15, -0.1) is 10.2 Å². The molecule has 0 saturated heterocycles. The lowest BCUT2D eigenvalue weighted by Crippen LogP contribution is -2.15. The van der Waals surface area contributed by atoms with Crippen molar-refractivity contribution in [3.8, 4) is 11.4 Å². The predicted molar refractivity (Wildman–Crippen MR) is 84.5 cm³/mol. The molecule has 2 aromatic carbocycles. The Labute approximate surface area is 137 Å². The summed E-state index contributed by atoms with van der Waals surface area (Å²) in [7, 11) is 0. The summed E-state index contributed by atoms with van der Waals surface area (Å²) in [5, 5.41) is 12.6. The number of tetrazole rings is 1. The third kappa shape index (κ3) is 4.14. The molecule has 0 fully saturated rings. The number of rotatable bonds is 5. The topological polar surface area (TPSA) is 69.9 Å². The van der Waals surface area contributed by atoms with E-state index in [0.29, 0.717) is 10.8 Å². The Morgan fingerprint density at radius 1 is 1.09 bits per heavy atom. The zero-order valence-corrected chi connectivity index (χ0v) is 12.8. The van der Waals surface area contributed by atoms with Gasteiger partial charge < -0.3 is 4.74 Å². The van der Waals surface area contributed by atoms with Gasteiger partial charge in [0.25, 0.3) is 0 Å². The summed E-state index contributed by atoms with van der Waals surface area (Å²) in [4.78, 5) is 13.0. The van der Waals surface area contributed by atoms with Crippen molar-refractivity contribution in [3.05, 3.63) is 65.2 Å². The predicted octanol–water partition coefficient (Wildman–Crippen LogP) is 2.74. The van der Waals surface area contributed by atoms with Gasteiger partial charge in [-0.3, -0.25) is 0 Å². The maximum absolute atomic E-state index is 11.8. The smallest absolute Gasteiger partial charge is 0.330 e. The summed E-state index contributed by atoms with van der Waals surface area (Å²) in [5.41, 5.74) is 1.70. The molecule has 23 heavy (non-hydrogen) atoms. The second-order valence-electron chi connectivity index (χ2n) is 4.80. The van der Waals surface area contributed by atoms with Gasteiger partial charge in [-0.2, -0.15) is 4.80 Å². The van der Waals surface area contributed by atoms with Crippen molar-refractivity contribution in [3.63, 3.8) is 0 Å². The number of ether oxygens (including phenoxy) is 1. The van der Waals surface area contributed by atoms with Crippen LogP contribution in [-0.4, -0.2) is 26.2 Å². The molecule has 7 heteroatoms. The normalized spacial score (nSPS) is 10.5. The van der Waals surface area contributed by atoms with Crippen LogP contribution in [0.15, 0.2) is 54.6 Å². The number of nitrogens with zero attached hydrogens (tertiary/aromatic N) is 4. The second kappa shape index (κ2) is 7.02. The minimum absolute atomic E-state index is 0.0899. The maximum Gasteiger partial charge on any atom is 0.330 e. The Morgan fingerprint density at radius 2 is 1.83 bits per heavy atom. The molecular formula is C16H13ClN4O2.